The van der Waals surface area contributed by atoms with Crippen LogP contribution >= 0.6 is 0 Å². The third-order valence-electron chi connectivity index (χ3n) is 3.71. The SMILES string of the molecule is Cc1ccc(C(C)NC(CNC(=O)OC(C)(C)C)C(C)C)cc1. The smallest absolute Gasteiger partial charge is 0.407 e. The van der Waals surface area contributed by atoms with Crippen molar-refractivity contribution in [1.29, 1.82) is 0 Å². The number of nitrogens with one attached hydrogen (secondary N) is 2. The first-order chi connectivity index (χ1) is 10.6. The molecule has 23 heavy (non-hydrogen) atoms. The number of rotatable bonds is 6. The number of alkyl carbamates (subject to hydrolysis) is 1. The van der Waals surface area contributed by atoms with E-state index in [0.717, 1.165) is 0 Å². The number of aryl methyl sites for hydroxylation is 1. The molecule has 0 bridgehead atoms. The highest BCUT2D eigenvalue weighted by Crippen LogP contribution is 2.16. The Bertz CT molecular complexity index is 489. The van der Waals surface area contributed by atoms with E-state index in [-0.39, 0.29) is 18.2 Å². The van der Waals surface area contributed by atoms with Crippen molar-refractivity contribution in [1.82, 2.24) is 10.6 Å². The van der Waals surface area contributed by atoms with E-state index in [4.69, 9.17) is 4.74 Å². The maximum atomic E-state index is 11.8. The molecule has 130 valence electrons. The molecule has 0 aliphatic rings. The number of ether oxygens (including phenoxy) is 1. The Balaban J connectivity index is 2.58. The Labute approximate surface area is 141 Å². The number of hydrogen-bond donors (Lipinski definition) is 2. The molecule has 2 unspecified atom stereocenters. The molecule has 1 aromatic carbocycles. The molecule has 0 aliphatic carbocycles. The maximum absolute atomic E-state index is 11.8. The second-order valence-corrected chi connectivity index (χ2v) is 7.53. The van der Waals surface area contributed by atoms with Gasteiger partial charge in [0.15, 0.2) is 0 Å². The topological polar surface area (TPSA) is 50.4 Å². The van der Waals surface area contributed by atoms with Crippen LogP contribution < -0.4 is 10.6 Å². The molecule has 1 amide bonds. The summed E-state index contributed by atoms with van der Waals surface area (Å²) >= 11 is 0. The van der Waals surface area contributed by atoms with Crippen molar-refractivity contribution in [3.8, 4) is 0 Å². The number of carbonyl (C=O) groups excluding carboxylic acids is 1. The highest BCUT2D eigenvalue weighted by molar-refractivity contribution is 5.67. The Morgan fingerprint density at radius 1 is 1.13 bits per heavy atom. The fourth-order valence-electron chi connectivity index (χ4n) is 2.27. The van der Waals surface area contributed by atoms with Gasteiger partial charge in [-0.3, -0.25) is 0 Å². The lowest BCUT2D eigenvalue weighted by Crippen LogP contribution is -2.46. The average Bonchev–Trinajstić information content (AvgIpc) is 2.41. The molecule has 2 N–H and O–H groups in total. The molecule has 2 atom stereocenters. The number of amides is 1. The van der Waals surface area contributed by atoms with Crippen molar-refractivity contribution >= 4 is 6.09 Å². The summed E-state index contributed by atoms with van der Waals surface area (Å²) < 4.78 is 5.29. The van der Waals surface area contributed by atoms with Gasteiger partial charge in [-0.05, 0) is 46.1 Å². The third-order valence-corrected chi connectivity index (χ3v) is 3.71. The first kappa shape index (κ1) is 19.5. The van der Waals surface area contributed by atoms with E-state index in [1.54, 1.807) is 0 Å². The molecule has 0 spiro atoms. The molecular formula is C19H32N2O2. The van der Waals surface area contributed by atoms with Gasteiger partial charge in [0.2, 0.25) is 0 Å². The van der Waals surface area contributed by atoms with Gasteiger partial charge in [0.1, 0.15) is 5.60 Å². The van der Waals surface area contributed by atoms with Gasteiger partial charge in [-0.1, -0.05) is 43.7 Å². The predicted octanol–water partition coefficient (Wildman–Crippen LogP) is 4.19. The zero-order valence-electron chi connectivity index (χ0n) is 15.6. The van der Waals surface area contributed by atoms with Crippen LogP contribution in [0.15, 0.2) is 24.3 Å². The normalized spacial score (nSPS) is 14.4. The van der Waals surface area contributed by atoms with Crippen LogP contribution in [0.25, 0.3) is 0 Å². The second-order valence-electron chi connectivity index (χ2n) is 7.53. The van der Waals surface area contributed by atoms with Gasteiger partial charge in [-0.2, -0.15) is 0 Å². The van der Waals surface area contributed by atoms with Crippen LogP contribution in [0.5, 0.6) is 0 Å². The summed E-state index contributed by atoms with van der Waals surface area (Å²) in [5.41, 5.74) is 2.03. The molecule has 0 aliphatic heterocycles. The van der Waals surface area contributed by atoms with E-state index in [0.29, 0.717) is 12.5 Å². The summed E-state index contributed by atoms with van der Waals surface area (Å²) in [6.07, 6.45) is -0.368. The van der Waals surface area contributed by atoms with Gasteiger partial charge in [0.25, 0.3) is 0 Å². The van der Waals surface area contributed by atoms with Gasteiger partial charge in [0.05, 0.1) is 0 Å². The number of benzene rings is 1. The summed E-state index contributed by atoms with van der Waals surface area (Å²) in [5, 5.41) is 6.46. The summed E-state index contributed by atoms with van der Waals surface area (Å²) in [4.78, 5) is 11.8. The maximum Gasteiger partial charge on any atom is 0.407 e. The van der Waals surface area contributed by atoms with Crippen LogP contribution in [0.3, 0.4) is 0 Å². The first-order valence-electron chi connectivity index (χ1n) is 8.38. The molecule has 4 nitrogen and oxygen atoms in total. The molecule has 0 radical (unpaired) electrons. The standard InChI is InChI=1S/C19H32N2O2/c1-13(2)17(12-20-18(22)23-19(5,6)7)21-15(4)16-10-8-14(3)9-11-16/h8-11,13,15,17,21H,12H2,1-7H3,(H,20,22). The molecule has 1 aromatic rings. The van der Waals surface area contributed by atoms with E-state index < -0.39 is 5.60 Å². The zero-order chi connectivity index (χ0) is 17.6. The van der Waals surface area contributed by atoms with E-state index >= 15 is 0 Å². The Kier molecular flexibility index (Phi) is 7.07. The van der Waals surface area contributed by atoms with Crippen molar-refractivity contribution in [3.63, 3.8) is 0 Å². The van der Waals surface area contributed by atoms with E-state index in [1.807, 2.05) is 20.8 Å². The lowest BCUT2D eigenvalue weighted by Gasteiger charge is -2.28. The summed E-state index contributed by atoms with van der Waals surface area (Å²) in [7, 11) is 0. The van der Waals surface area contributed by atoms with Crippen LogP contribution in [-0.2, 0) is 4.74 Å². The molecular weight excluding hydrogens is 288 g/mol. The minimum absolute atomic E-state index is 0.179. The van der Waals surface area contributed by atoms with Crippen molar-refractivity contribution in [3.05, 3.63) is 35.4 Å². The van der Waals surface area contributed by atoms with Crippen LogP contribution in [0.1, 0.15) is 58.7 Å². The minimum Gasteiger partial charge on any atom is -0.444 e. The molecule has 0 fully saturated rings. The van der Waals surface area contributed by atoms with E-state index in [2.05, 4.69) is 62.6 Å². The van der Waals surface area contributed by atoms with Crippen LogP contribution in [0.2, 0.25) is 0 Å². The number of carbonyl (C=O) groups is 1. The fraction of sp³-hybridized carbons (Fsp3) is 0.632. The van der Waals surface area contributed by atoms with E-state index in [9.17, 15) is 4.79 Å². The van der Waals surface area contributed by atoms with E-state index in [1.165, 1.54) is 11.1 Å². The highest BCUT2D eigenvalue weighted by atomic mass is 16.6. The Hall–Kier alpha value is -1.55. The van der Waals surface area contributed by atoms with Crippen LogP contribution in [0, 0.1) is 12.8 Å². The highest BCUT2D eigenvalue weighted by Gasteiger charge is 2.20. The lowest BCUT2D eigenvalue weighted by atomic mass is 10.0. The van der Waals surface area contributed by atoms with Crippen molar-refractivity contribution in [2.75, 3.05) is 6.54 Å². The first-order valence-corrected chi connectivity index (χ1v) is 8.38. The molecule has 4 heteroatoms. The quantitative estimate of drug-likeness (QED) is 0.826. The largest absolute Gasteiger partial charge is 0.444 e. The number of hydrogen-bond acceptors (Lipinski definition) is 3. The van der Waals surface area contributed by atoms with Gasteiger partial charge in [0, 0.05) is 18.6 Å². The summed E-state index contributed by atoms with van der Waals surface area (Å²) in [6, 6.07) is 8.94. The molecule has 0 aromatic heterocycles. The van der Waals surface area contributed by atoms with Crippen molar-refractivity contribution in [2.24, 2.45) is 5.92 Å². The van der Waals surface area contributed by atoms with Crippen LogP contribution in [0.4, 0.5) is 4.79 Å². The molecule has 0 saturated carbocycles. The molecule has 0 saturated heterocycles. The Morgan fingerprint density at radius 3 is 2.17 bits per heavy atom. The third kappa shape index (κ3) is 7.51. The molecule has 0 heterocycles. The zero-order valence-corrected chi connectivity index (χ0v) is 15.6. The fourth-order valence-corrected chi connectivity index (χ4v) is 2.27. The van der Waals surface area contributed by atoms with Gasteiger partial charge >= 0.3 is 6.09 Å². The minimum atomic E-state index is -0.472. The van der Waals surface area contributed by atoms with Crippen LogP contribution in [-0.4, -0.2) is 24.3 Å². The summed E-state index contributed by atoms with van der Waals surface area (Å²) in [5.74, 6) is 0.401. The van der Waals surface area contributed by atoms with Crippen molar-refractivity contribution in [2.45, 2.75) is 66.2 Å². The van der Waals surface area contributed by atoms with Gasteiger partial charge in [-0.15, -0.1) is 0 Å². The average molecular weight is 320 g/mol. The Morgan fingerprint density at radius 2 is 1.70 bits per heavy atom. The second kappa shape index (κ2) is 8.34. The van der Waals surface area contributed by atoms with Gasteiger partial charge in [-0.25, -0.2) is 4.79 Å². The lowest BCUT2D eigenvalue weighted by molar-refractivity contribution is 0.0518. The van der Waals surface area contributed by atoms with Crippen molar-refractivity contribution < 1.29 is 9.53 Å². The summed E-state index contributed by atoms with van der Waals surface area (Å²) in [6.45, 7) is 14.7. The predicted molar refractivity (Wildman–Crippen MR) is 95.6 cm³/mol. The monoisotopic (exact) mass is 320 g/mol. The van der Waals surface area contributed by atoms with Gasteiger partial charge < -0.3 is 15.4 Å². The molecule has 1 rings (SSSR count).